The Morgan fingerprint density at radius 2 is 2.15 bits per heavy atom. The van der Waals surface area contributed by atoms with Crippen LogP contribution in [0.5, 0.6) is 0 Å². The van der Waals surface area contributed by atoms with Gasteiger partial charge in [0.25, 0.3) is 0 Å². The molecule has 0 aromatic carbocycles. The van der Waals surface area contributed by atoms with Crippen molar-refractivity contribution in [3.8, 4) is 0 Å². The molecule has 0 heterocycles. The molecule has 1 fully saturated rings. The standard InChI is InChI=1S/C10H23N3/c1-13(2)7-6-12-10-5-3-4-9(10)8-11/h9-10,12H,3-8,11H2,1-2H3. The number of rotatable bonds is 5. The predicted molar refractivity (Wildman–Crippen MR) is 56.7 cm³/mol. The van der Waals surface area contributed by atoms with Gasteiger partial charge in [0.1, 0.15) is 0 Å². The van der Waals surface area contributed by atoms with Crippen molar-refractivity contribution in [1.82, 2.24) is 10.2 Å². The average Bonchev–Trinajstić information content (AvgIpc) is 2.51. The van der Waals surface area contributed by atoms with Crippen molar-refractivity contribution in [3.63, 3.8) is 0 Å². The Morgan fingerprint density at radius 1 is 1.38 bits per heavy atom. The Balaban J connectivity index is 2.13. The Hall–Kier alpha value is -0.120. The maximum absolute atomic E-state index is 5.71. The zero-order valence-corrected chi connectivity index (χ0v) is 8.92. The highest BCUT2D eigenvalue weighted by Gasteiger charge is 2.24. The van der Waals surface area contributed by atoms with Gasteiger partial charge in [0.2, 0.25) is 0 Å². The Bertz CT molecular complexity index is 136. The molecule has 0 saturated heterocycles. The molecule has 2 unspecified atom stereocenters. The van der Waals surface area contributed by atoms with Gasteiger partial charge in [0, 0.05) is 19.1 Å². The highest BCUT2D eigenvalue weighted by Crippen LogP contribution is 2.24. The minimum Gasteiger partial charge on any atom is -0.330 e. The van der Waals surface area contributed by atoms with Crippen LogP contribution in [-0.2, 0) is 0 Å². The van der Waals surface area contributed by atoms with Gasteiger partial charge in [-0.3, -0.25) is 0 Å². The van der Waals surface area contributed by atoms with E-state index in [0.29, 0.717) is 6.04 Å². The van der Waals surface area contributed by atoms with Crippen molar-refractivity contribution in [2.75, 3.05) is 33.7 Å². The maximum Gasteiger partial charge on any atom is 0.0108 e. The molecule has 0 aliphatic heterocycles. The predicted octanol–water partition coefficient (Wildman–Crippen LogP) is 0.265. The fraction of sp³-hybridized carbons (Fsp3) is 1.00. The van der Waals surface area contributed by atoms with E-state index in [0.717, 1.165) is 25.6 Å². The third-order valence-corrected chi connectivity index (χ3v) is 2.93. The summed E-state index contributed by atoms with van der Waals surface area (Å²) in [7, 11) is 4.22. The van der Waals surface area contributed by atoms with Gasteiger partial charge in [0.05, 0.1) is 0 Å². The van der Waals surface area contributed by atoms with Crippen molar-refractivity contribution in [1.29, 1.82) is 0 Å². The largest absolute Gasteiger partial charge is 0.330 e. The first-order valence-corrected chi connectivity index (χ1v) is 5.32. The van der Waals surface area contributed by atoms with Crippen LogP contribution in [0.25, 0.3) is 0 Å². The van der Waals surface area contributed by atoms with E-state index in [2.05, 4.69) is 24.3 Å². The van der Waals surface area contributed by atoms with Crippen molar-refractivity contribution in [2.45, 2.75) is 25.3 Å². The Labute approximate surface area is 81.7 Å². The molecule has 0 aromatic heterocycles. The highest BCUT2D eigenvalue weighted by atomic mass is 15.1. The summed E-state index contributed by atoms with van der Waals surface area (Å²) < 4.78 is 0. The molecule has 0 spiro atoms. The van der Waals surface area contributed by atoms with Crippen LogP contribution < -0.4 is 11.1 Å². The SMILES string of the molecule is CN(C)CCNC1CCCC1CN. The van der Waals surface area contributed by atoms with Crippen LogP contribution in [0.2, 0.25) is 0 Å². The molecule has 0 aromatic rings. The molecule has 2 atom stereocenters. The average molecular weight is 185 g/mol. The van der Waals surface area contributed by atoms with E-state index in [1.165, 1.54) is 19.3 Å². The fourth-order valence-electron chi connectivity index (χ4n) is 2.06. The second-order valence-electron chi connectivity index (χ2n) is 4.29. The maximum atomic E-state index is 5.71. The fourth-order valence-corrected chi connectivity index (χ4v) is 2.06. The van der Waals surface area contributed by atoms with Gasteiger partial charge in [-0.05, 0) is 39.4 Å². The van der Waals surface area contributed by atoms with Gasteiger partial charge in [-0.15, -0.1) is 0 Å². The van der Waals surface area contributed by atoms with Crippen LogP contribution >= 0.6 is 0 Å². The molecule has 3 nitrogen and oxygen atoms in total. The lowest BCUT2D eigenvalue weighted by molar-refractivity contribution is 0.355. The van der Waals surface area contributed by atoms with E-state index in [4.69, 9.17) is 5.73 Å². The van der Waals surface area contributed by atoms with Crippen LogP contribution in [0.4, 0.5) is 0 Å². The molecule has 0 radical (unpaired) electrons. The van der Waals surface area contributed by atoms with Crippen LogP contribution in [0.3, 0.4) is 0 Å². The van der Waals surface area contributed by atoms with Gasteiger partial charge in [-0.2, -0.15) is 0 Å². The third-order valence-electron chi connectivity index (χ3n) is 2.93. The van der Waals surface area contributed by atoms with Gasteiger partial charge in [-0.25, -0.2) is 0 Å². The van der Waals surface area contributed by atoms with Gasteiger partial charge in [0.15, 0.2) is 0 Å². The molecule has 1 aliphatic rings. The first kappa shape index (κ1) is 11.0. The van der Waals surface area contributed by atoms with Crippen LogP contribution in [0, 0.1) is 5.92 Å². The van der Waals surface area contributed by atoms with E-state index in [1.807, 2.05) is 0 Å². The molecule has 78 valence electrons. The second-order valence-corrected chi connectivity index (χ2v) is 4.29. The van der Waals surface area contributed by atoms with Crippen LogP contribution in [0.1, 0.15) is 19.3 Å². The summed E-state index contributed by atoms with van der Waals surface area (Å²) in [6, 6.07) is 0.685. The highest BCUT2D eigenvalue weighted by molar-refractivity contribution is 4.83. The number of likely N-dealkylation sites (N-methyl/N-ethyl adjacent to an activating group) is 1. The topological polar surface area (TPSA) is 41.3 Å². The number of hydrogen-bond donors (Lipinski definition) is 2. The van der Waals surface area contributed by atoms with E-state index in [1.54, 1.807) is 0 Å². The van der Waals surface area contributed by atoms with E-state index in [-0.39, 0.29) is 0 Å². The van der Waals surface area contributed by atoms with Gasteiger partial charge < -0.3 is 16.0 Å². The molecule has 3 heteroatoms. The number of hydrogen-bond acceptors (Lipinski definition) is 3. The summed E-state index contributed by atoms with van der Waals surface area (Å²) in [5, 5.41) is 3.59. The summed E-state index contributed by atoms with van der Waals surface area (Å²) in [6.45, 7) is 3.06. The van der Waals surface area contributed by atoms with Crippen LogP contribution in [0.15, 0.2) is 0 Å². The Kier molecular flexibility index (Phi) is 4.70. The summed E-state index contributed by atoms with van der Waals surface area (Å²) in [4.78, 5) is 2.21. The minimum atomic E-state index is 0.685. The van der Waals surface area contributed by atoms with E-state index >= 15 is 0 Å². The lowest BCUT2D eigenvalue weighted by Crippen LogP contribution is -2.39. The normalized spacial score (nSPS) is 28.6. The number of nitrogens with one attached hydrogen (secondary N) is 1. The molecule has 3 N–H and O–H groups in total. The van der Waals surface area contributed by atoms with E-state index < -0.39 is 0 Å². The zero-order valence-electron chi connectivity index (χ0n) is 8.92. The van der Waals surface area contributed by atoms with Gasteiger partial charge >= 0.3 is 0 Å². The second kappa shape index (κ2) is 5.58. The first-order valence-electron chi connectivity index (χ1n) is 5.32. The molecule has 1 rings (SSSR count). The lowest BCUT2D eigenvalue weighted by Gasteiger charge is -2.20. The minimum absolute atomic E-state index is 0.685. The molecule has 13 heavy (non-hydrogen) atoms. The molecule has 1 aliphatic carbocycles. The quantitative estimate of drug-likeness (QED) is 0.646. The molecule has 1 saturated carbocycles. The summed E-state index contributed by atoms with van der Waals surface area (Å²) in [5.74, 6) is 0.724. The van der Waals surface area contributed by atoms with Crippen molar-refractivity contribution >= 4 is 0 Å². The number of nitrogens with two attached hydrogens (primary N) is 1. The third kappa shape index (κ3) is 3.63. The van der Waals surface area contributed by atoms with Gasteiger partial charge in [-0.1, -0.05) is 6.42 Å². The zero-order chi connectivity index (χ0) is 9.68. The molecular weight excluding hydrogens is 162 g/mol. The first-order chi connectivity index (χ1) is 6.24. The van der Waals surface area contributed by atoms with Crippen LogP contribution in [-0.4, -0.2) is 44.7 Å². The van der Waals surface area contributed by atoms with Crippen molar-refractivity contribution < 1.29 is 0 Å². The smallest absolute Gasteiger partial charge is 0.0108 e. The van der Waals surface area contributed by atoms with Crippen molar-refractivity contribution in [3.05, 3.63) is 0 Å². The summed E-state index contributed by atoms with van der Waals surface area (Å²) in [5.41, 5.74) is 5.71. The lowest BCUT2D eigenvalue weighted by atomic mass is 10.0. The Morgan fingerprint density at radius 3 is 2.77 bits per heavy atom. The summed E-state index contributed by atoms with van der Waals surface area (Å²) in [6.07, 6.45) is 3.98. The monoisotopic (exact) mass is 185 g/mol. The van der Waals surface area contributed by atoms with Crippen molar-refractivity contribution in [2.24, 2.45) is 11.7 Å². The summed E-state index contributed by atoms with van der Waals surface area (Å²) >= 11 is 0. The molecule has 0 amide bonds. The number of nitrogens with zero attached hydrogens (tertiary/aromatic N) is 1. The van der Waals surface area contributed by atoms with E-state index in [9.17, 15) is 0 Å². The molecule has 0 bridgehead atoms. The molecular formula is C10H23N3.